The number of esters is 1. The minimum Gasteiger partial charge on any atom is -0.484 e. The summed E-state index contributed by atoms with van der Waals surface area (Å²) >= 11 is 0. The van der Waals surface area contributed by atoms with Crippen LogP contribution in [0.25, 0.3) is 0 Å². The highest BCUT2D eigenvalue weighted by molar-refractivity contribution is 5.88. The molecule has 0 aromatic heterocycles. The molecule has 172 valence electrons. The molecule has 0 fully saturated rings. The number of rotatable bonds is 14. The van der Waals surface area contributed by atoms with Crippen molar-refractivity contribution in [2.24, 2.45) is 5.73 Å². The summed E-state index contributed by atoms with van der Waals surface area (Å²) in [4.78, 5) is 46.1. The molecule has 0 spiro atoms. The molecule has 10 nitrogen and oxygen atoms in total. The lowest BCUT2D eigenvalue weighted by Gasteiger charge is -2.12. The first-order chi connectivity index (χ1) is 14.8. The van der Waals surface area contributed by atoms with Crippen molar-refractivity contribution in [3.63, 3.8) is 0 Å². The van der Waals surface area contributed by atoms with Crippen molar-refractivity contribution in [1.82, 2.24) is 16.0 Å². The van der Waals surface area contributed by atoms with Crippen LogP contribution in [0.5, 0.6) is 5.75 Å². The fourth-order valence-corrected chi connectivity index (χ4v) is 2.45. The SMILES string of the molecule is CC(=O)N[C@@H](C)C(=O)NCC(=O)OCc1ccc(OCC(=O)NCCCCCN)cc1. The summed E-state index contributed by atoms with van der Waals surface area (Å²) < 4.78 is 10.5. The first kappa shape index (κ1) is 25.9. The van der Waals surface area contributed by atoms with Gasteiger partial charge in [-0.3, -0.25) is 19.2 Å². The molecule has 1 aromatic rings. The van der Waals surface area contributed by atoms with Crippen molar-refractivity contribution in [2.45, 2.75) is 45.8 Å². The highest BCUT2D eigenvalue weighted by Crippen LogP contribution is 2.12. The number of hydrogen-bond acceptors (Lipinski definition) is 7. The van der Waals surface area contributed by atoms with E-state index in [4.69, 9.17) is 15.2 Å². The lowest BCUT2D eigenvalue weighted by Crippen LogP contribution is -2.45. The maximum Gasteiger partial charge on any atom is 0.325 e. The Hall–Kier alpha value is -3.14. The van der Waals surface area contributed by atoms with Crippen LogP contribution in [0.15, 0.2) is 24.3 Å². The Balaban J connectivity index is 2.25. The van der Waals surface area contributed by atoms with Crippen LogP contribution in [0.2, 0.25) is 0 Å². The largest absolute Gasteiger partial charge is 0.484 e. The van der Waals surface area contributed by atoms with Crippen LogP contribution in [-0.2, 0) is 30.5 Å². The Morgan fingerprint density at radius 2 is 1.74 bits per heavy atom. The topological polar surface area (TPSA) is 149 Å². The van der Waals surface area contributed by atoms with Crippen molar-refractivity contribution in [2.75, 3.05) is 26.2 Å². The molecule has 5 N–H and O–H groups in total. The van der Waals surface area contributed by atoms with E-state index in [9.17, 15) is 19.2 Å². The van der Waals surface area contributed by atoms with E-state index in [0.717, 1.165) is 24.8 Å². The number of nitrogens with one attached hydrogen (secondary N) is 3. The lowest BCUT2D eigenvalue weighted by atomic mass is 10.2. The molecular weight excluding hydrogens is 404 g/mol. The van der Waals surface area contributed by atoms with Gasteiger partial charge in [-0.1, -0.05) is 18.6 Å². The van der Waals surface area contributed by atoms with E-state index in [2.05, 4.69) is 16.0 Å². The zero-order valence-corrected chi connectivity index (χ0v) is 18.1. The van der Waals surface area contributed by atoms with Crippen molar-refractivity contribution in [1.29, 1.82) is 0 Å². The van der Waals surface area contributed by atoms with E-state index in [1.54, 1.807) is 24.3 Å². The van der Waals surface area contributed by atoms with Gasteiger partial charge in [0.1, 0.15) is 24.9 Å². The molecule has 31 heavy (non-hydrogen) atoms. The molecule has 0 radical (unpaired) electrons. The van der Waals surface area contributed by atoms with E-state index in [-0.39, 0.29) is 31.6 Å². The van der Waals surface area contributed by atoms with E-state index in [0.29, 0.717) is 18.8 Å². The first-order valence-electron chi connectivity index (χ1n) is 10.2. The third-order valence-corrected chi connectivity index (χ3v) is 4.12. The second kappa shape index (κ2) is 14.8. The molecule has 0 aliphatic rings. The Bertz CT molecular complexity index is 723. The summed E-state index contributed by atoms with van der Waals surface area (Å²) in [5.41, 5.74) is 6.14. The monoisotopic (exact) mass is 436 g/mol. The number of unbranched alkanes of at least 4 members (excludes halogenated alkanes) is 2. The van der Waals surface area contributed by atoms with Gasteiger partial charge in [-0.2, -0.15) is 0 Å². The van der Waals surface area contributed by atoms with E-state index < -0.39 is 17.9 Å². The normalized spacial score (nSPS) is 11.2. The lowest BCUT2D eigenvalue weighted by molar-refractivity contribution is -0.145. The summed E-state index contributed by atoms with van der Waals surface area (Å²) in [5.74, 6) is -1.09. The fraction of sp³-hybridized carbons (Fsp3) is 0.524. The molecule has 0 saturated carbocycles. The maximum atomic E-state index is 11.8. The second-order valence-electron chi connectivity index (χ2n) is 6.93. The summed E-state index contributed by atoms with van der Waals surface area (Å²) in [5, 5.41) is 7.59. The van der Waals surface area contributed by atoms with Crippen LogP contribution >= 0.6 is 0 Å². The zero-order chi connectivity index (χ0) is 23.1. The number of carbonyl (C=O) groups is 4. The smallest absolute Gasteiger partial charge is 0.325 e. The summed E-state index contributed by atoms with van der Waals surface area (Å²) in [7, 11) is 0. The van der Waals surface area contributed by atoms with Gasteiger partial charge in [0.2, 0.25) is 11.8 Å². The van der Waals surface area contributed by atoms with Crippen molar-refractivity contribution in [3.8, 4) is 5.75 Å². The van der Waals surface area contributed by atoms with Crippen LogP contribution in [-0.4, -0.2) is 56.0 Å². The molecule has 0 saturated heterocycles. The quantitative estimate of drug-likeness (QED) is 0.237. The van der Waals surface area contributed by atoms with Crippen LogP contribution in [0.4, 0.5) is 0 Å². The van der Waals surface area contributed by atoms with Gasteiger partial charge in [-0.15, -0.1) is 0 Å². The highest BCUT2D eigenvalue weighted by atomic mass is 16.5. The molecule has 0 unspecified atom stereocenters. The van der Waals surface area contributed by atoms with Crippen LogP contribution in [0, 0.1) is 0 Å². The number of carbonyl (C=O) groups excluding carboxylic acids is 4. The molecule has 10 heteroatoms. The average molecular weight is 437 g/mol. The van der Waals surface area contributed by atoms with Crippen molar-refractivity contribution >= 4 is 23.7 Å². The molecule has 0 heterocycles. The maximum absolute atomic E-state index is 11.8. The molecule has 1 rings (SSSR count). The van der Waals surface area contributed by atoms with Gasteiger partial charge in [0.05, 0.1) is 0 Å². The summed E-state index contributed by atoms with van der Waals surface area (Å²) in [6, 6.07) is 6.04. The Kier molecular flexibility index (Phi) is 12.3. The number of nitrogens with two attached hydrogens (primary N) is 1. The molecule has 3 amide bonds. The van der Waals surface area contributed by atoms with Gasteiger partial charge in [-0.25, -0.2) is 0 Å². The number of benzene rings is 1. The molecule has 1 atom stereocenters. The summed E-state index contributed by atoms with van der Waals surface area (Å²) in [6.07, 6.45) is 2.81. The summed E-state index contributed by atoms with van der Waals surface area (Å²) in [6.45, 7) is 3.71. The average Bonchev–Trinajstić information content (AvgIpc) is 2.74. The van der Waals surface area contributed by atoms with Gasteiger partial charge >= 0.3 is 5.97 Å². The number of amides is 3. The van der Waals surface area contributed by atoms with Gasteiger partial charge in [0.25, 0.3) is 5.91 Å². The van der Waals surface area contributed by atoms with E-state index in [1.807, 2.05) is 0 Å². The minimum absolute atomic E-state index is 0.0273. The predicted octanol–water partition coefficient (Wildman–Crippen LogP) is -0.00540. The Morgan fingerprint density at radius 3 is 2.39 bits per heavy atom. The molecule has 0 aliphatic carbocycles. The highest BCUT2D eigenvalue weighted by Gasteiger charge is 2.15. The predicted molar refractivity (Wildman–Crippen MR) is 114 cm³/mol. The van der Waals surface area contributed by atoms with Crippen molar-refractivity contribution in [3.05, 3.63) is 29.8 Å². The van der Waals surface area contributed by atoms with Crippen molar-refractivity contribution < 1.29 is 28.7 Å². The molecule has 0 bridgehead atoms. The van der Waals surface area contributed by atoms with Crippen LogP contribution in [0.1, 0.15) is 38.7 Å². The van der Waals surface area contributed by atoms with Gasteiger partial charge < -0.3 is 31.2 Å². The van der Waals surface area contributed by atoms with Crippen LogP contribution < -0.4 is 26.4 Å². The van der Waals surface area contributed by atoms with E-state index in [1.165, 1.54) is 13.8 Å². The Labute approximate surface area is 182 Å². The van der Waals surface area contributed by atoms with Gasteiger partial charge in [-0.05, 0) is 44.0 Å². The third-order valence-electron chi connectivity index (χ3n) is 4.12. The molecule has 0 aliphatic heterocycles. The minimum atomic E-state index is -0.740. The molecule has 1 aromatic carbocycles. The number of ether oxygens (including phenoxy) is 2. The first-order valence-corrected chi connectivity index (χ1v) is 10.2. The zero-order valence-electron chi connectivity index (χ0n) is 18.1. The number of hydrogen-bond donors (Lipinski definition) is 4. The fourth-order valence-electron chi connectivity index (χ4n) is 2.45. The standard InChI is InChI=1S/C21H32N4O6/c1-15(25-16(2)26)21(29)24-12-20(28)31-13-17-6-8-18(9-7-17)30-14-19(27)23-11-5-3-4-10-22/h6-9,15H,3-5,10-14,22H2,1-2H3,(H,23,27)(H,24,29)(H,25,26)/t15-/m0/s1. The van der Waals surface area contributed by atoms with Gasteiger partial charge in [0.15, 0.2) is 6.61 Å². The third kappa shape index (κ3) is 12.2. The van der Waals surface area contributed by atoms with E-state index >= 15 is 0 Å². The second-order valence-corrected chi connectivity index (χ2v) is 6.93. The molecular formula is C21H32N4O6. The Morgan fingerprint density at radius 1 is 1.03 bits per heavy atom. The van der Waals surface area contributed by atoms with Crippen LogP contribution in [0.3, 0.4) is 0 Å². The van der Waals surface area contributed by atoms with Gasteiger partial charge in [0, 0.05) is 13.5 Å².